The average molecular weight is 442 g/mol. The summed E-state index contributed by atoms with van der Waals surface area (Å²) in [6.07, 6.45) is 2.98. The summed E-state index contributed by atoms with van der Waals surface area (Å²) in [4.78, 5) is 0. The van der Waals surface area contributed by atoms with Gasteiger partial charge in [0.2, 0.25) is 0 Å². The summed E-state index contributed by atoms with van der Waals surface area (Å²) in [6, 6.07) is 31.1. The highest BCUT2D eigenvalue weighted by Gasteiger charge is 2.15. The fourth-order valence-corrected chi connectivity index (χ4v) is 4.99. The van der Waals surface area contributed by atoms with Gasteiger partial charge in [-0.3, -0.25) is 0 Å². The summed E-state index contributed by atoms with van der Waals surface area (Å²) in [5.41, 5.74) is 14.2. The molecule has 164 valence electrons. The van der Waals surface area contributed by atoms with Crippen molar-refractivity contribution in [2.45, 2.75) is 13.0 Å². The molecule has 0 saturated heterocycles. The topological polar surface area (TPSA) is 67.9 Å². The van der Waals surface area contributed by atoms with Crippen LogP contribution >= 0.6 is 0 Å². The van der Waals surface area contributed by atoms with Gasteiger partial charge in [0.05, 0.1) is 11.6 Å². The molecule has 0 amide bonds. The fraction of sp³-hybridized carbons (Fsp3) is 0.100. The predicted molar refractivity (Wildman–Crippen MR) is 138 cm³/mol. The molecule has 4 aromatic carbocycles. The van der Waals surface area contributed by atoms with Gasteiger partial charge in [0.25, 0.3) is 0 Å². The van der Waals surface area contributed by atoms with Gasteiger partial charge >= 0.3 is 0 Å². The predicted octanol–water partition coefficient (Wildman–Crippen LogP) is 6.63. The summed E-state index contributed by atoms with van der Waals surface area (Å²) in [7, 11) is 0. The lowest BCUT2D eigenvalue weighted by Gasteiger charge is -2.09. The highest BCUT2D eigenvalue weighted by atomic mass is 16.3. The molecule has 0 bridgehead atoms. The first kappa shape index (κ1) is 20.3. The lowest BCUT2D eigenvalue weighted by molar-refractivity contribution is 0.669. The average Bonchev–Trinajstić information content (AvgIpc) is 3.42. The summed E-state index contributed by atoms with van der Waals surface area (Å²) in [5, 5.41) is 13.0. The summed E-state index contributed by atoms with van der Waals surface area (Å²) in [5.74, 6) is 0. The lowest BCUT2D eigenvalue weighted by atomic mass is 9.97. The van der Waals surface area contributed by atoms with Crippen molar-refractivity contribution < 1.29 is 4.42 Å². The van der Waals surface area contributed by atoms with Crippen molar-refractivity contribution in [2.24, 2.45) is 5.73 Å². The third-order valence-electron chi connectivity index (χ3n) is 6.57. The quantitative estimate of drug-likeness (QED) is 0.326. The van der Waals surface area contributed by atoms with Crippen LogP contribution in [0.5, 0.6) is 0 Å². The Hall–Kier alpha value is -4.33. The molecule has 34 heavy (non-hydrogen) atoms. The minimum Gasteiger partial charge on any atom is -0.456 e. The van der Waals surface area contributed by atoms with Gasteiger partial charge in [0, 0.05) is 34.4 Å². The maximum atomic E-state index is 9.52. The van der Waals surface area contributed by atoms with Crippen LogP contribution < -0.4 is 5.73 Å². The zero-order chi connectivity index (χ0) is 23.1. The van der Waals surface area contributed by atoms with Gasteiger partial charge in [-0.1, -0.05) is 54.6 Å². The molecule has 0 radical (unpaired) electrons. The number of benzene rings is 4. The van der Waals surface area contributed by atoms with Crippen molar-refractivity contribution in [3.05, 3.63) is 108 Å². The molecular formula is C30H23N3O. The van der Waals surface area contributed by atoms with Gasteiger partial charge in [0.1, 0.15) is 11.2 Å². The van der Waals surface area contributed by atoms with Gasteiger partial charge < -0.3 is 14.7 Å². The number of hydrogen-bond acceptors (Lipinski definition) is 3. The van der Waals surface area contributed by atoms with Gasteiger partial charge in [0.15, 0.2) is 0 Å². The minimum atomic E-state index is 0.583. The van der Waals surface area contributed by atoms with Crippen molar-refractivity contribution in [2.75, 3.05) is 6.54 Å². The number of para-hydroxylation sites is 1. The van der Waals surface area contributed by atoms with E-state index in [1.165, 1.54) is 10.9 Å². The first-order valence-corrected chi connectivity index (χ1v) is 11.5. The lowest BCUT2D eigenvalue weighted by Crippen LogP contribution is -2.02. The molecule has 4 heteroatoms. The van der Waals surface area contributed by atoms with Crippen LogP contribution in [0.15, 0.2) is 95.5 Å². The van der Waals surface area contributed by atoms with E-state index in [0.717, 1.165) is 50.6 Å². The minimum absolute atomic E-state index is 0.583. The summed E-state index contributed by atoms with van der Waals surface area (Å²) in [6.45, 7) is 1.23. The van der Waals surface area contributed by atoms with E-state index in [-0.39, 0.29) is 0 Å². The molecule has 0 saturated carbocycles. The second-order valence-corrected chi connectivity index (χ2v) is 8.60. The SMILES string of the molecule is N#Cc1ccccc1Cn1cc(CCN)c2cc(-c3cccc4oc5ccccc5c34)ccc21. The van der Waals surface area contributed by atoms with E-state index >= 15 is 0 Å². The van der Waals surface area contributed by atoms with Crippen molar-refractivity contribution in [1.29, 1.82) is 5.26 Å². The molecule has 2 N–H and O–H groups in total. The molecule has 2 heterocycles. The van der Waals surface area contributed by atoms with Crippen LogP contribution in [-0.2, 0) is 13.0 Å². The Morgan fingerprint density at radius 3 is 2.53 bits per heavy atom. The van der Waals surface area contributed by atoms with Crippen molar-refractivity contribution in [3.8, 4) is 17.2 Å². The van der Waals surface area contributed by atoms with Gasteiger partial charge in [-0.25, -0.2) is 0 Å². The van der Waals surface area contributed by atoms with Crippen LogP contribution in [0.25, 0.3) is 44.0 Å². The molecule has 6 aromatic rings. The van der Waals surface area contributed by atoms with Crippen LogP contribution in [-0.4, -0.2) is 11.1 Å². The molecule has 6 rings (SSSR count). The number of fused-ring (bicyclic) bond motifs is 4. The number of nitrogens with two attached hydrogens (primary N) is 1. The number of hydrogen-bond donors (Lipinski definition) is 1. The standard InChI is InChI=1S/C30H23N3O/c31-15-14-23-19-33(18-22-7-2-1-6-21(22)17-32)27-13-12-20(16-26(23)27)24-9-5-11-29-30(24)25-8-3-4-10-28(25)34-29/h1-13,16,19H,14-15,18,31H2. The fourth-order valence-electron chi connectivity index (χ4n) is 4.99. The highest BCUT2D eigenvalue weighted by molar-refractivity contribution is 6.12. The van der Waals surface area contributed by atoms with E-state index in [0.29, 0.717) is 18.7 Å². The smallest absolute Gasteiger partial charge is 0.136 e. The molecule has 0 spiro atoms. The van der Waals surface area contributed by atoms with E-state index in [1.54, 1.807) is 0 Å². The number of rotatable bonds is 5. The maximum Gasteiger partial charge on any atom is 0.136 e. The van der Waals surface area contributed by atoms with E-state index in [4.69, 9.17) is 10.2 Å². The van der Waals surface area contributed by atoms with Crippen LogP contribution in [0, 0.1) is 11.3 Å². The number of nitriles is 1. The van der Waals surface area contributed by atoms with Crippen molar-refractivity contribution in [1.82, 2.24) is 4.57 Å². The first-order valence-electron chi connectivity index (χ1n) is 11.5. The second-order valence-electron chi connectivity index (χ2n) is 8.60. The van der Waals surface area contributed by atoms with E-state index < -0.39 is 0 Å². The summed E-state index contributed by atoms with van der Waals surface area (Å²) >= 11 is 0. The Morgan fingerprint density at radius 1 is 0.824 bits per heavy atom. The zero-order valence-electron chi connectivity index (χ0n) is 18.7. The molecule has 0 aliphatic rings. The van der Waals surface area contributed by atoms with Crippen LogP contribution in [0.2, 0.25) is 0 Å². The molecule has 0 unspecified atom stereocenters. The highest BCUT2D eigenvalue weighted by Crippen LogP contribution is 2.38. The molecule has 0 aliphatic carbocycles. The Bertz CT molecular complexity index is 1710. The Balaban J connectivity index is 1.53. The molecule has 0 fully saturated rings. The van der Waals surface area contributed by atoms with Crippen molar-refractivity contribution >= 4 is 32.8 Å². The van der Waals surface area contributed by atoms with E-state index in [9.17, 15) is 5.26 Å². The second kappa shape index (κ2) is 8.22. The Labute approximate surface area is 197 Å². The normalized spacial score (nSPS) is 11.4. The number of aromatic nitrogens is 1. The van der Waals surface area contributed by atoms with E-state index in [1.807, 2.05) is 42.5 Å². The van der Waals surface area contributed by atoms with Gasteiger partial charge in [-0.05, 0) is 65.6 Å². The van der Waals surface area contributed by atoms with E-state index in [2.05, 4.69) is 59.3 Å². The summed E-state index contributed by atoms with van der Waals surface area (Å²) < 4.78 is 8.34. The third-order valence-corrected chi connectivity index (χ3v) is 6.57. The Morgan fingerprint density at radius 2 is 1.65 bits per heavy atom. The van der Waals surface area contributed by atoms with Gasteiger partial charge in [-0.15, -0.1) is 0 Å². The third kappa shape index (κ3) is 3.26. The van der Waals surface area contributed by atoms with Crippen LogP contribution in [0.4, 0.5) is 0 Å². The molecule has 0 atom stereocenters. The largest absolute Gasteiger partial charge is 0.456 e. The Kier molecular flexibility index (Phi) is 4.91. The number of furan rings is 1. The molecule has 4 nitrogen and oxygen atoms in total. The van der Waals surface area contributed by atoms with Crippen molar-refractivity contribution in [3.63, 3.8) is 0 Å². The number of nitrogens with zero attached hydrogens (tertiary/aromatic N) is 2. The monoisotopic (exact) mass is 441 g/mol. The van der Waals surface area contributed by atoms with Gasteiger partial charge in [-0.2, -0.15) is 5.26 Å². The zero-order valence-corrected chi connectivity index (χ0v) is 18.7. The molecule has 2 aromatic heterocycles. The molecular weight excluding hydrogens is 418 g/mol. The van der Waals surface area contributed by atoms with Crippen LogP contribution in [0.3, 0.4) is 0 Å². The maximum absolute atomic E-state index is 9.52. The first-order chi connectivity index (χ1) is 16.8. The van der Waals surface area contributed by atoms with Crippen LogP contribution in [0.1, 0.15) is 16.7 Å². The molecule has 0 aliphatic heterocycles.